The van der Waals surface area contributed by atoms with E-state index in [4.69, 9.17) is 0 Å². The van der Waals surface area contributed by atoms with E-state index in [9.17, 15) is 18.7 Å². The minimum atomic E-state index is -0.910. The number of amides is 2. The van der Waals surface area contributed by atoms with Crippen LogP contribution in [0.15, 0.2) is 12.1 Å². The van der Waals surface area contributed by atoms with Gasteiger partial charge >= 0.3 is 6.03 Å². The molecule has 21 heavy (non-hydrogen) atoms. The van der Waals surface area contributed by atoms with Gasteiger partial charge in [-0.3, -0.25) is 0 Å². The van der Waals surface area contributed by atoms with Crippen LogP contribution >= 0.6 is 0 Å². The van der Waals surface area contributed by atoms with Gasteiger partial charge in [0, 0.05) is 17.8 Å². The van der Waals surface area contributed by atoms with Crippen molar-refractivity contribution >= 4 is 11.7 Å². The van der Waals surface area contributed by atoms with Crippen LogP contribution in [-0.2, 0) is 0 Å². The average molecular weight is 302 g/mol. The van der Waals surface area contributed by atoms with Crippen molar-refractivity contribution in [3.8, 4) is 5.75 Å². The molecule has 0 heterocycles. The number of methoxy groups -OCH3 is 1. The second-order valence-corrected chi connectivity index (χ2v) is 4.70. The highest BCUT2D eigenvalue weighted by molar-refractivity contribution is 5.89. The van der Waals surface area contributed by atoms with Crippen molar-refractivity contribution in [3.63, 3.8) is 0 Å². The third kappa shape index (κ3) is 4.04. The quantitative estimate of drug-likeness (QED) is 0.756. The number of benzene rings is 1. The highest BCUT2D eigenvalue weighted by Gasteiger charge is 2.27. The number of aliphatic hydroxyl groups excluding tert-OH is 1. The first-order chi connectivity index (χ1) is 9.91. The maximum atomic E-state index is 13.5. The van der Waals surface area contributed by atoms with Gasteiger partial charge in [0.2, 0.25) is 0 Å². The number of anilines is 1. The average Bonchev–Trinajstić information content (AvgIpc) is 2.44. The van der Waals surface area contributed by atoms with E-state index in [0.717, 1.165) is 19.2 Å². The van der Waals surface area contributed by atoms with Crippen molar-refractivity contribution in [3.05, 3.63) is 23.8 Å². The third-order valence-corrected chi connectivity index (χ3v) is 3.50. The number of hydrogen-bond acceptors (Lipinski definition) is 3. The fraction of sp³-hybridized carbons (Fsp3) is 0.500. The van der Waals surface area contributed by atoms with Crippen LogP contribution in [0.2, 0.25) is 0 Å². The van der Waals surface area contributed by atoms with Crippen molar-refractivity contribution in [1.82, 2.24) is 5.32 Å². The van der Waals surface area contributed by atoms with E-state index in [1.165, 1.54) is 0 Å². The normalized spacial score (nSPS) is 11.1. The Hall–Kier alpha value is -1.89. The standard InChI is InChI=1S/C14H20F2N2O3/c1-4-14(5-2,8-19)18-13(20)17-9-6-10(15)12(21-3)11(16)7-9/h6-7,19H,4-5,8H2,1-3H3,(H2,17,18,20). The number of rotatable bonds is 6. The lowest BCUT2D eigenvalue weighted by atomic mass is 9.94. The highest BCUT2D eigenvalue weighted by atomic mass is 19.1. The van der Waals surface area contributed by atoms with Crippen LogP contribution in [-0.4, -0.2) is 30.4 Å². The molecule has 1 rings (SSSR count). The summed E-state index contributed by atoms with van der Waals surface area (Å²) in [4.78, 5) is 11.9. The van der Waals surface area contributed by atoms with E-state index in [1.807, 2.05) is 13.8 Å². The molecule has 0 saturated heterocycles. The summed E-state index contributed by atoms with van der Waals surface area (Å²) in [6, 6.07) is 1.27. The van der Waals surface area contributed by atoms with Gasteiger partial charge in [0.25, 0.3) is 0 Å². The monoisotopic (exact) mass is 302 g/mol. The van der Waals surface area contributed by atoms with E-state index < -0.39 is 29.0 Å². The summed E-state index contributed by atoms with van der Waals surface area (Å²) in [6.07, 6.45) is 1.05. The molecule has 0 aliphatic carbocycles. The van der Waals surface area contributed by atoms with Crippen LogP contribution in [0.25, 0.3) is 0 Å². The van der Waals surface area contributed by atoms with Gasteiger partial charge in [-0.05, 0) is 12.8 Å². The number of nitrogens with one attached hydrogen (secondary N) is 2. The van der Waals surface area contributed by atoms with Gasteiger partial charge in [-0.1, -0.05) is 13.8 Å². The molecule has 0 bridgehead atoms. The second kappa shape index (κ2) is 7.21. The lowest BCUT2D eigenvalue weighted by molar-refractivity contribution is 0.155. The largest absolute Gasteiger partial charge is 0.491 e. The van der Waals surface area contributed by atoms with Crippen LogP contribution in [0.4, 0.5) is 19.3 Å². The lowest BCUT2D eigenvalue weighted by Crippen LogP contribution is -2.52. The molecule has 3 N–H and O–H groups in total. The zero-order chi connectivity index (χ0) is 16.0. The molecule has 0 aliphatic heterocycles. The Morgan fingerprint density at radius 2 is 1.81 bits per heavy atom. The summed E-state index contributed by atoms with van der Waals surface area (Å²) in [5.41, 5.74) is -0.796. The summed E-state index contributed by atoms with van der Waals surface area (Å²) in [7, 11) is 1.15. The fourth-order valence-electron chi connectivity index (χ4n) is 1.92. The lowest BCUT2D eigenvalue weighted by Gasteiger charge is -2.30. The third-order valence-electron chi connectivity index (χ3n) is 3.50. The Labute approximate surface area is 122 Å². The highest BCUT2D eigenvalue weighted by Crippen LogP contribution is 2.25. The van der Waals surface area contributed by atoms with E-state index in [-0.39, 0.29) is 12.3 Å². The van der Waals surface area contributed by atoms with Gasteiger partial charge in [0.15, 0.2) is 17.4 Å². The smallest absolute Gasteiger partial charge is 0.319 e. The maximum absolute atomic E-state index is 13.5. The Morgan fingerprint density at radius 3 is 2.19 bits per heavy atom. The topological polar surface area (TPSA) is 70.6 Å². The van der Waals surface area contributed by atoms with Crippen molar-refractivity contribution in [2.24, 2.45) is 0 Å². The summed E-state index contributed by atoms with van der Waals surface area (Å²) in [5.74, 6) is -2.33. The molecule has 1 aromatic rings. The Balaban J connectivity index is 2.84. The van der Waals surface area contributed by atoms with Crippen molar-refractivity contribution in [1.29, 1.82) is 0 Å². The van der Waals surface area contributed by atoms with Crippen LogP contribution in [0.1, 0.15) is 26.7 Å². The Bertz CT molecular complexity index is 474. The molecule has 0 fully saturated rings. The molecule has 0 atom stereocenters. The molecule has 7 heteroatoms. The van der Waals surface area contributed by atoms with Gasteiger partial charge in [-0.2, -0.15) is 0 Å². The van der Waals surface area contributed by atoms with Gasteiger partial charge in [-0.15, -0.1) is 0 Å². The molecule has 0 spiro atoms. The zero-order valence-electron chi connectivity index (χ0n) is 12.3. The predicted octanol–water partition coefficient (Wildman–Crippen LogP) is 2.65. The molecule has 1 aromatic carbocycles. The van der Waals surface area contributed by atoms with Gasteiger partial charge < -0.3 is 20.5 Å². The first-order valence-electron chi connectivity index (χ1n) is 6.64. The van der Waals surface area contributed by atoms with Crippen molar-refractivity contribution in [2.45, 2.75) is 32.2 Å². The van der Waals surface area contributed by atoms with E-state index in [0.29, 0.717) is 12.8 Å². The van der Waals surface area contributed by atoms with Crippen LogP contribution in [0.5, 0.6) is 5.75 Å². The summed E-state index contributed by atoms with van der Waals surface area (Å²) < 4.78 is 31.6. The first kappa shape index (κ1) is 17.2. The zero-order valence-corrected chi connectivity index (χ0v) is 12.3. The molecule has 5 nitrogen and oxygen atoms in total. The number of hydrogen-bond donors (Lipinski definition) is 3. The van der Waals surface area contributed by atoms with Crippen LogP contribution in [0, 0.1) is 11.6 Å². The molecule has 0 aromatic heterocycles. The number of carbonyl (C=O) groups is 1. The molecular weight excluding hydrogens is 282 g/mol. The van der Waals surface area contributed by atoms with Crippen LogP contribution in [0.3, 0.4) is 0 Å². The number of ether oxygens (including phenoxy) is 1. The predicted molar refractivity (Wildman–Crippen MR) is 75.5 cm³/mol. The van der Waals surface area contributed by atoms with Gasteiger partial charge in [0.1, 0.15) is 0 Å². The number of carbonyl (C=O) groups excluding carboxylic acids is 1. The van der Waals surface area contributed by atoms with E-state index in [1.54, 1.807) is 0 Å². The van der Waals surface area contributed by atoms with Crippen molar-refractivity contribution in [2.75, 3.05) is 19.0 Å². The molecule has 2 amide bonds. The SMILES string of the molecule is CCC(CC)(CO)NC(=O)Nc1cc(F)c(OC)c(F)c1. The van der Waals surface area contributed by atoms with E-state index >= 15 is 0 Å². The van der Waals surface area contributed by atoms with E-state index in [2.05, 4.69) is 15.4 Å². The Kier molecular flexibility index (Phi) is 5.90. The summed E-state index contributed by atoms with van der Waals surface area (Å²) in [5, 5.41) is 14.3. The van der Waals surface area contributed by atoms with Crippen LogP contribution < -0.4 is 15.4 Å². The summed E-state index contributed by atoms with van der Waals surface area (Å²) >= 11 is 0. The molecule has 0 saturated carbocycles. The molecular formula is C14H20F2N2O3. The Morgan fingerprint density at radius 1 is 1.29 bits per heavy atom. The maximum Gasteiger partial charge on any atom is 0.319 e. The first-order valence-corrected chi connectivity index (χ1v) is 6.64. The number of aliphatic hydroxyl groups is 1. The molecule has 118 valence electrons. The molecule has 0 radical (unpaired) electrons. The second-order valence-electron chi connectivity index (χ2n) is 4.70. The molecule has 0 aliphatic rings. The van der Waals surface area contributed by atoms with Crippen molar-refractivity contribution < 1.29 is 23.4 Å². The fourth-order valence-corrected chi connectivity index (χ4v) is 1.92. The number of urea groups is 1. The number of halogens is 2. The summed E-state index contributed by atoms with van der Waals surface area (Å²) in [6.45, 7) is 3.43. The molecule has 0 unspecified atom stereocenters. The van der Waals surface area contributed by atoms with Gasteiger partial charge in [-0.25, -0.2) is 13.6 Å². The minimum absolute atomic E-state index is 0.0395. The minimum Gasteiger partial charge on any atom is -0.491 e. The van der Waals surface area contributed by atoms with Gasteiger partial charge in [0.05, 0.1) is 19.3 Å².